The Balaban J connectivity index is 1.88. The van der Waals surface area contributed by atoms with Gasteiger partial charge in [0.2, 0.25) is 0 Å². The van der Waals surface area contributed by atoms with Crippen LogP contribution in [0.25, 0.3) is 0 Å². The highest BCUT2D eigenvalue weighted by molar-refractivity contribution is 6.30. The second-order valence-corrected chi connectivity index (χ2v) is 5.77. The number of benzene rings is 2. The maximum Gasteiger partial charge on any atom is 0.124 e. The number of nitrogens with one attached hydrogen (secondary N) is 1. The van der Waals surface area contributed by atoms with Crippen molar-refractivity contribution in [3.8, 4) is 5.75 Å². The lowest BCUT2D eigenvalue weighted by Gasteiger charge is -2.15. The molecule has 2 nitrogen and oxygen atoms in total. The van der Waals surface area contributed by atoms with Crippen LogP contribution in [0.15, 0.2) is 48.5 Å². The molecule has 0 aromatic heterocycles. The van der Waals surface area contributed by atoms with Crippen molar-refractivity contribution in [2.24, 2.45) is 0 Å². The fourth-order valence-electron chi connectivity index (χ4n) is 2.16. The van der Waals surface area contributed by atoms with E-state index in [1.807, 2.05) is 38.1 Å². The lowest BCUT2D eigenvalue weighted by molar-refractivity contribution is 0.239. The van der Waals surface area contributed by atoms with Gasteiger partial charge < -0.3 is 10.1 Å². The minimum Gasteiger partial charge on any atom is -0.491 e. The quantitative estimate of drug-likeness (QED) is 0.763. The summed E-state index contributed by atoms with van der Waals surface area (Å²) in [6.45, 7) is 5.75. The van der Waals surface area contributed by atoms with Crippen molar-refractivity contribution in [3.05, 3.63) is 64.7 Å². The third-order valence-electron chi connectivity index (χ3n) is 3.13. The number of halogens is 1. The second kappa shape index (κ2) is 8.06. The molecule has 112 valence electrons. The van der Waals surface area contributed by atoms with E-state index in [-0.39, 0.29) is 6.10 Å². The van der Waals surface area contributed by atoms with Crippen molar-refractivity contribution >= 4 is 11.6 Å². The van der Waals surface area contributed by atoms with Gasteiger partial charge in [0.05, 0.1) is 6.10 Å². The van der Waals surface area contributed by atoms with Crippen LogP contribution >= 0.6 is 11.6 Å². The van der Waals surface area contributed by atoms with Gasteiger partial charge in [-0.2, -0.15) is 0 Å². The van der Waals surface area contributed by atoms with E-state index < -0.39 is 0 Å². The van der Waals surface area contributed by atoms with Crippen molar-refractivity contribution < 1.29 is 4.74 Å². The number of hydrogen-bond donors (Lipinski definition) is 1. The van der Waals surface area contributed by atoms with Crippen LogP contribution in [0.3, 0.4) is 0 Å². The molecule has 0 unspecified atom stereocenters. The van der Waals surface area contributed by atoms with E-state index in [2.05, 4.69) is 29.6 Å². The molecule has 1 N–H and O–H groups in total. The molecule has 0 amide bonds. The Hall–Kier alpha value is -1.51. The smallest absolute Gasteiger partial charge is 0.124 e. The lowest BCUT2D eigenvalue weighted by Crippen LogP contribution is -2.18. The molecular weight excluding hydrogens is 282 g/mol. The first kappa shape index (κ1) is 15.9. The van der Waals surface area contributed by atoms with Crippen molar-refractivity contribution in [1.82, 2.24) is 5.32 Å². The average Bonchev–Trinajstić information content (AvgIpc) is 2.47. The lowest BCUT2D eigenvalue weighted by atomic mass is 10.1. The maximum absolute atomic E-state index is 6.08. The molecule has 0 heterocycles. The molecule has 0 fully saturated rings. The summed E-state index contributed by atoms with van der Waals surface area (Å²) in [7, 11) is 0. The first-order valence-electron chi connectivity index (χ1n) is 7.35. The molecular formula is C18H22ClNO. The molecule has 0 aliphatic carbocycles. The number of rotatable bonds is 7. The molecule has 0 atom stereocenters. The molecule has 2 rings (SSSR count). The third kappa shape index (κ3) is 5.41. The minimum absolute atomic E-state index is 0.161. The SMILES string of the molecule is CC(C)Oc1ccc(Cl)cc1CNCCc1ccccc1. The van der Waals surface area contributed by atoms with Gasteiger partial charge in [0.15, 0.2) is 0 Å². The summed E-state index contributed by atoms with van der Waals surface area (Å²) in [5.74, 6) is 0.904. The molecule has 0 aliphatic rings. The third-order valence-corrected chi connectivity index (χ3v) is 3.37. The van der Waals surface area contributed by atoms with Crippen LogP contribution < -0.4 is 10.1 Å². The van der Waals surface area contributed by atoms with E-state index >= 15 is 0 Å². The van der Waals surface area contributed by atoms with E-state index in [0.29, 0.717) is 0 Å². The molecule has 2 aromatic carbocycles. The highest BCUT2D eigenvalue weighted by atomic mass is 35.5. The zero-order chi connectivity index (χ0) is 15.1. The Bertz CT molecular complexity index is 554. The first-order valence-corrected chi connectivity index (χ1v) is 7.72. The van der Waals surface area contributed by atoms with Crippen molar-refractivity contribution in [1.29, 1.82) is 0 Å². The largest absolute Gasteiger partial charge is 0.491 e. The zero-order valence-corrected chi connectivity index (χ0v) is 13.4. The Morgan fingerprint density at radius 2 is 1.86 bits per heavy atom. The molecule has 0 aliphatic heterocycles. The summed E-state index contributed by atoms with van der Waals surface area (Å²) in [5, 5.41) is 4.19. The minimum atomic E-state index is 0.161. The molecule has 2 aromatic rings. The predicted molar refractivity (Wildman–Crippen MR) is 89.1 cm³/mol. The summed E-state index contributed by atoms with van der Waals surface area (Å²) >= 11 is 6.08. The van der Waals surface area contributed by atoms with Gasteiger partial charge in [0.1, 0.15) is 5.75 Å². The molecule has 0 saturated heterocycles. The van der Waals surface area contributed by atoms with Crippen molar-refractivity contribution in [2.75, 3.05) is 6.54 Å². The monoisotopic (exact) mass is 303 g/mol. The maximum atomic E-state index is 6.08. The van der Waals surface area contributed by atoms with Gasteiger partial charge in [0, 0.05) is 17.1 Å². The average molecular weight is 304 g/mol. The summed E-state index contributed by atoms with van der Waals surface area (Å²) < 4.78 is 5.82. The topological polar surface area (TPSA) is 21.3 Å². The van der Waals surface area contributed by atoms with Crippen LogP contribution in [-0.2, 0) is 13.0 Å². The summed E-state index contributed by atoms with van der Waals surface area (Å²) in [5.41, 5.74) is 2.44. The molecule has 0 spiro atoms. The van der Waals surface area contributed by atoms with Crippen LogP contribution in [0.1, 0.15) is 25.0 Å². The zero-order valence-electron chi connectivity index (χ0n) is 12.6. The van der Waals surface area contributed by atoms with Crippen LogP contribution in [0, 0.1) is 0 Å². The van der Waals surface area contributed by atoms with Gasteiger partial charge in [0.25, 0.3) is 0 Å². The fraction of sp³-hybridized carbons (Fsp3) is 0.333. The Kier molecular flexibility index (Phi) is 6.09. The van der Waals surface area contributed by atoms with Gasteiger partial charge in [-0.05, 0) is 50.6 Å². The van der Waals surface area contributed by atoms with E-state index in [1.165, 1.54) is 5.56 Å². The summed E-state index contributed by atoms with van der Waals surface area (Å²) in [4.78, 5) is 0. The van der Waals surface area contributed by atoms with Crippen LogP contribution in [-0.4, -0.2) is 12.6 Å². The molecule has 0 radical (unpaired) electrons. The Labute approximate surface area is 132 Å². The van der Waals surface area contributed by atoms with Gasteiger partial charge in [-0.1, -0.05) is 41.9 Å². The predicted octanol–water partition coefficient (Wildman–Crippen LogP) is 4.46. The van der Waals surface area contributed by atoms with Crippen LogP contribution in [0.2, 0.25) is 5.02 Å². The Morgan fingerprint density at radius 1 is 1.10 bits per heavy atom. The molecule has 21 heavy (non-hydrogen) atoms. The van der Waals surface area contributed by atoms with Crippen molar-refractivity contribution in [3.63, 3.8) is 0 Å². The van der Waals surface area contributed by atoms with Crippen LogP contribution in [0.5, 0.6) is 5.75 Å². The Morgan fingerprint density at radius 3 is 2.57 bits per heavy atom. The van der Waals surface area contributed by atoms with Crippen LogP contribution in [0.4, 0.5) is 0 Å². The fourth-order valence-corrected chi connectivity index (χ4v) is 2.35. The van der Waals surface area contributed by atoms with Gasteiger partial charge in [-0.3, -0.25) is 0 Å². The highest BCUT2D eigenvalue weighted by Crippen LogP contribution is 2.23. The van der Waals surface area contributed by atoms with E-state index in [0.717, 1.165) is 35.8 Å². The van der Waals surface area contributed by atoms with E-state index in [1.54, 1.807) is 0 Å². The number of hydrogen-bond acceptors (Lipinski definition) is 2. The van der Waals surface area contributed by atoms with E-state index in [4.69, 9.17) is 16.3 Å². The molecule has 0 saturated carbocycles. The number of ether oxygens (including phenoxy) is 1. The van der Waals surface area contributed by atoms with Gasteiger partial charge in [-0.15, -0.1) is 0 Å². The van der Waals surface area contributed by atoms with Gasteiger partial charge >= 0.3 is 0 Å². The molecule has 3 heteroatoms. The summed E-state index contributed by atoms with van der Waals surface area (Å²) in [6.07, 6.45) is 1.18. The van der Waals surface area contributed by atoms with Crippen molar-refractivity contribution in [2.45, 2.75) is 32.9 Å². The first-order chi connectivity index (χ1) is 10.1. The van der Waals surface area contributed by atoms with E-state index in [9.17, 15) is 0 Å². The normalized spacial score (nSPS) is 10.9. The summed E-state index contributed by atoms with van der Waals surface area (Å²) in [6, 6.07) is 16.3. The highest BCUT2D eigenvalue weighted by Gasteiger charge is 2.06. The van der Waals surface area contributed by atoms with Gasteiger partial charge in [-0.25, -0.2) is 0 Å². The second-order valence-electron chi connectivity index (χ2n) is 5.33. The standard InChI is InChI=1S/C18H22ClNO/c1-14(2)21-18-9-8-17(19)12-16(18)13-20-11-10-15-6-4-3-5-7-15/h3-9,12,14,20H,10-11,13H2,1-2H3. The molecule has 0 bridgehead atoms.